The number of carbonyl (C=O) groups is 3. The quantitative estimate of drug-likeness (QED) is 0.511. The van der Waals surface area contributed by atoms with Crippen LogP contribution in [0, 0.1) is 0 Å². The topological polar surface area (TPSA) is 112 Å². The maximum Gasteiger partial charge on any atom is 0.319 e. The molecular formula is C21H20N4O4. The lowest BCUT2D eigenvalue weighted by molar-refractivity contribution is -0.135. The summed E-state index contributed by atoms with van der Waals surface area (Å²) in [6, 6.07) is 13.5. The number of rotatable bonds is 4. The minimum Gasteiger partial charge on any atom is -0.494 e. The van der Waals surface area contributed by atoms with Crippen molar-refractivity contribution in [2.75, 3.05) is 5.32 Å². The number of aromatic nitrogens is 1. The molecule has 4 N–H and O–H groups in total. The number of carbonyl (C=O) groups excluding carboxylic acids is 3. The predicted molar refractivity (Wildman–Crippen MR) is 107 cm³/mol. The van der Waals surface area contributed by atoms with E-state index in [0.717, 1.165) is 10.9 Å². The number of benzene rings is 2. The highest BCUT2D eigenvalue weighted by Gasteiger charge is 2.30. The molecule has 1 unspecified atom stereocenters. The van der Waals surface area contributed by atoms with Gasteiger partial charge < -0.3 is 20.3 Å². The van der Waals surface area contributed by atoms with Gasteiger partial charge >= 0.3 is 6.03 Å². The minimum absolute atomic E-state index is 0.0370. The van der Waals surface area contributed by atoms with Gasteiger partial charge in [0.25, 0.3) is 0 Å². The fourth-order valence-corrected chi connectivity index (χ4v) is 3.51. The number of fused-ring (bicyclic) bond motifs is 1. The van der Waals surface area contributed by atoms with Crippen molar-refractivity contribution in [2.24, 2.45) is 0 Å². The monoisotopic (exact) mass is 392 g/mol. The number of urea groups is 1. The Kier molecular flexibility index (Phi) is 4.90. The Morgan fingerprint density at radius 3 is 2.66 bits per heavy atom. The summed E-state index contributed by atoms with van der Waals surface area (Å²) in [6.45, 7) is 0.245. The summed E-state index contributed by atoms with van der Waals surface area (Å²) in [6.07, 6.45) is 2.24. The normalized spacial score (nSPS) is 16.5. The van der Waals surface area contributed by atoms with Crippen LogP contribution < -0.4 is 16.0 Å². The van der Waals surface area contributed by atoms with E-state index in [1.54, 1.807) is 30.5 Å². The van der Waals surface area contributed by atoms with Gasteiger partial charge in [0.2, 0.25) is 11.8 Å². The number of amides is 4. The van der Waals surface area contributed by atoms with Crippen LogP contribution in [0.25, 0.3) is 10.8 Å². The van der Waals surface area contributed by atoms with Crippen molar-refractivity contribution < 1.29 is 19.5 Å². The SMILES string of the molecule is O=C1CCC(n2cc3c(CNC(=O)Nc4ccccc4)cccc3c2O)C(=O)N1. The maximum atomic E-state index is 12.2. The summed E-state index contributed by atoms with van der Waals surface area (Å²) >= 11 is 0. The van der Waals surface area contributed by atoms with Gasteiger partial charge in [-0.15, -0.1) is 0 Å². The van der Waals surface area contributed by atoms with E-state index in [0.29, 0.717) is 17.5 Å². The first-order chi connectivity index (χ1) is 14.0. The zero-order chi connectivity index (χ0) is 20.4. The van der Waals surface area contributed by atoms with Crippen LogP contribution in [0.1, 0.15) is 24.4 Å². The predicted octanol–water partition coefficient (Wildman–Crippen LogP) is 2.65. The van der Waals surface area contributed by atoms with Gasteiger partial charge in [0.05, 0.1) is 0 Å². The van der Waals surface area contributed by atoms with Crippen molar-refractivity contribution in [3.8, 4) is 5.88 Å². The van der Waals surface area contributed by atoms with Gasteiger partial charge in [-0.25, -0.2) is 4.79 Å². The lowest BCUT2D eigenvalue weighted by Gasteiger charge is -2.22. The Balaban J connectivity index is 1.54. The minimum atomic E-state index is -0.651. The van der Waals surface area contributed by atoms with E-state index in [-0.39, 0.29) is 30.8 Å². The van der Waals surface area contributed by atoms with Crippen molar-refractivity contribution in [1.29, 1.82) is 0 Å². The van der Waals surface area contributed by atoms with Crippen molar-refractivity contribution in [3.05, 3.63) is 60.3 Å². The van der Waals surface area contributed by atoms with E-state index >= 15 is 0 Å². The molecule has 0 aliphatic carbocycles. The first-order valence-electron chi connectivity index (χ1n) is 9.28. The van der Waals surface area contributed by atoms with Gasteiger partial charge in [-0.3, -0.25) is 14.9 Å². The number of anilines is 1. The van der Waals surface area contributed by atoms with Crippen LogP contribution in [-0.4, -0.2) is 27.5 Å². The second-order valence-electron chi connectivity index (χ2n) is 6.88. The molecule has 1 fully saturated rings. The zero-order valence-electron chi connectivity index (χ0n) is 15.5. The van der Waals surface area contributed by atoms with Gasteiger partial charge in [-0.1, -0.05) is 30.3 Å². The Hall–Kier alpha value is -3.81. The number of hydrogen-bond donors (Lipinski definition) is 4. The number of nitrogens with zero attached hydrogens (tertiary/aromatic N) is 1. The van der Waals surface area contributed by atoms with Crippen LogP contribution in [0.3, 0.4) is 0 Å². The van der Waals surface area contributed by atoms with Gasteiger partial charge in [0, 0.05) is 35.6 Å². The Morgan fingerprint density at radius 2 is 1.90 bits per heavy atom. The van der Waals surface area contributed by atoms with Crippen LogP contribution in [0.2, 0.25) is 0 Å². The summed E-state index contributed by atoms with van der Waals surface area (Å²) in [5.41, 5.74) is 1.48. The summed E-state index contributed by atoms with van der Waals surface area (Å²) in [5.74, 6) is -0.777. The second kappa shape index (κ2) is 7.67. The number of hydrogen-bond acceptors (Lipinski definition) is 4. The summed E-state index contributed by atoms with van der Waals surface area (Å²) in [5, 5.41) is 19.8. The highest BCUT2D eigenvalue weighted by Crippen LogP contribution is 2.34. The van der Waals surface area contributed by atoms with Crippen LogP contribution in [0.15, 0.2) is 54.7 Å². The molecule has 2 aromatic carbocycles. The third kappa shape index (κ3) is 3.77. The molecule has 1 atom stereocenters. The van der Waals surface area contributed by atoms with E-state index in [1.165, 1.54) is 4.57 Å². The third-order valence-corrected chi connectivity index (χ3v) is 4.97. The fourth-order valence-electron chi connectivity index (χ4n) is 3.51. The van der Waals surface area contributed by atoms with Crippen molar-refractivity contribution in [2.45, 2.75) is 25.4 Å². The molecule has 148 valence electrons. The van der Waals surface area contributed by atoms with Gasteiger partial charge in [-0.2, -0.15) is 0 Å². The Morgan fingerprint density at radius 1 is 1.10 bits per heavy atom. The van der Waals surface area contributed by atoms with Crippen LogP contribution >= 0.6 is 0 Å². The first-order valence-corrected chi connectivity index (χ1v) is 9.28. The standard InChI is InChI=1S/C21H20N4O4/c26-18-10-9-17(19(27)24-18)25-12-16-13(5-4-8-15(16)20(25)28)11-22-21(29)23-14-6-2-1-3-7-14/h1-8,12,17,28H,9-11H2,(H2,22,23,29)(H,24,26,27). The number of nitrogens with one attached hydrogen (secondary N) is 3. The molecule has 0 bridgehead atoms. The van der Waals surface area contributed by atoms with E-state index < -0.39 is 11.9 Å². The second-order valence-corrected chi connectivity index (χ2v) is 6.88. The van der Waals surface area contributed by atoms with E-state index in [2.05, 4.69) is 16.0 Å². The lowest BCUT2D eigenvalue weighted by Crippen LogP contribution is -2.41. The third-order valence-electron chi connectivity index (χ3n) is 4.97. The largest absolute Gasteiger partial charge is 0.494 e. The van der Waals surface area contributed by atoms with E-state index in [4.69, 9.17) is 0 Å². The number of piperidine rings is 1. The summed E-state index contributed by atoms with van der Waals surface area (Å²) < 4.78 is 1.49. The Labute approximate surface area is 166 Å². The number of aromatic hydroxyl groups is 1. The van der Waals surface area contributed by atoms with Crippen molar-refractivity contribution >= 4 is 34.3 Å². The Bertz CT molecular complexity index is 1090. The van der Waals surface area contributed by atoms with Gasteiger partial charge in [-0.05, 0) is 30.2 Å². The molecule has 1 saturated heterocycles. The van der Waals surface area contributed by atoms with Crippen molar-refractivity contribution in [3.63, 3.8) is 0 Å². The molecule has 8 heteroatoms. The smallest absolute Gasteiger partial charge is 0.319 e. The van der Waals surface area contributed by atoms with E-state index in [9.17, 15) is 19.5 Å². The van der Waals surface area contributed by atoms with Crippen molar-refractivity contribution in [1.82, 2.24) is 15.2 Å². The number of imide groups is 1. The molecular weight excluding hydrogens is 372 g/mol. The maximum absolute atomic E-state index is 12.2. The molecule has 0 radical (unpaired) electrons. The van der Waals surface area contributed by atoms with Crippen LogP contribution in [0.4, 0.5) is 10.5 Å². The average molecular weight is 392 g/mol. The zero-order valence-corrected chi connectivity index (χ0v) is 15.5. The molecule has 0 spiro atoms. The molecule has 4 rings (SSSR count). The fraction of sp³-hybridized carbons (Fsp3) is 0.190. The molecule has 1 aromatic heterocycles. The van der Waals surface area contributed by atoms with Crippen LogP contribution in [-0.2, 0) is 16.1 Å². The van der Waals surface area contributed by atoms with Gasteiger partial charge in [0.15, 0.2) is 5.88 Å². The highest BCUT2D eigenvalue weighted by molar-refractivity contribution is 6.00. The number of para-hydroxylation sites is 1. The van der Waals surface area contributed by atoms with Crippen LogP contribution in [0.5, 0.6) is 5.88 Å². The molecule has 29 heavy (non-hydrogen) atoms. The first kappa shape index (κ1) is 18.5. The highest BCUT2D eigenvalue weighted by atomic mass is 16.3. The lowest BCUT2D eigenvalue weighted by atomic mass is 10.1. The molecule has 2 heterocycles. The molecule has 4 amide bonds. The molecule has 1 aliphatic rings. The summed E-state index contributed by atoms with van der Waals surface area (Å²) in [7, 11) is 0. The van der Waals surface area contributed by atoms with Gasteiger partial charge in [0.1, 0.15) is 6.04 Å². The molecule has 0 saturated carbocycles. The average Bonchev–Trinajstić information content (AvgIpc) is 3.04. The summed E-state index contributed by atoms with van der Waals surface area (Å²) in [4.78, 5) is 35.7. The molecule has 1 aliphatic heterocycles. The molecule has 3 aromatic rings. The molecule has 8 nitrogen and oxygen atoms in total. The van der Waals surface area contributed by atoms with E-state index in [1.807, 2.05) is 24.3 Å².